The van der Waals surface area contributed by atoms with Gasteiger partial charge in [0.05, 0.1) is 0 Å². The predicted octanol–water partition coefficient (Wildman–Crippen LogP) is 6.89. The van der Waals surface area contributed by atoms with Crippen molar-refractivity contribution >= 4 is 12.1 Å². The van der Waals surface area contributed by atoms with Crippen molar-refractivity contribution in [2.75, 3.05) is 0 Å². The van der Waals surface area contributed by atoms with Crippen molar-refractivity contribution in [3.8, 4) is 11.1 Å². The van der Waals surface area contributed by atoms with E-state index in [4.69, 9.17) is 0 Å². The molecule has 0 spiro atoms. The van der Waals surface area contributed by atoms with Crippen LogP contribution in [0.4, 0.5) is 0 Å². The molecule has 0 bridgehead atoms. The van der Waals surface area contributed by atoms with Gasteiger partial charge in [0, 0.05) is 0 Å². The van der Waals surface area contributed by atoms with E-state index in [-0.39, 0.29) is 0 Å². The molecule has 0 nitrogen and oxygen atoms in total. The van der Waals surface area contributed by atoms with E-state index in [1.54, 1.807) is 12.0 Å². The van der Waals surface area contributed by atoms with Crippen LogP contribution in [0.5, 0.6) is 0 Å². The topological polar surface area (TPSA) is 0 Å². The van der Waals surface area contributed by atoms with Crippen molar-refractivity contribution in [1.82, 2.24) is 0 Å². The van der Waals surface area contributed by atoms with Crippen LogP contribution in [0.25, 0.3) is 16.7 Å². The van der Waals surface area contributed by atoms with Gasteiger partial charge in [0.15, 0.2) is 0 Å². The zero-order valence-corrected chi connectivity index (χ0v) is 21.3. The molecule has 0 saturated heterocycles. The van der Waals surface area contributed by atoms with Crippen LogP contribution in [-0.4, -0.2) is 3.21 Å². The van der Waals surface area contributed by atoms with Gasteiger partial charge in [-0.15, -0.1) is 0 Å². The third kappa shape index (κ3) is 3.79. The molecule has 0 saturated carbocycles. The average Bonchev–Trinajstić information content (AvgIpc) is 3.52. The van der Waals surface area contributed by atoms with E-state index in [2.05, 4.69) is 116 Å². The van der Waals surface area contributed by atoms with Crippen molar-refractivity contribution in [2.45, 2.75) is 19.8 Å². The molecular formula is C32H25Zr. The normalized spacial score (nSPS) is 13.3. The molecule has 0 unspecified atom stereocenters. The van der Waals surface area contributed by atoms with Gasteiger partial charge in [-0.2, -0.15) is 0 Å². The molecule has 2 aliphatic carbocycles. The molecule has 0 aliphatic heterocycles. The van der Waals surface area contributed by atoms with Gasteiger partial charge in [-0.25, -0.2) is 0 Å². The summed E-state index contributed by atoms with van der Waals surface area (Å²) in [6, 6.07) is 33.6. The number of benzene rings is 4. The zero-order valence-electron chi connectivity index (χ0n) is 18.8. The standard InChI is InChI=1S/C19H15.C13H10.Zr/c1-13-10-19-16(11-15-8-4-5-9-17(15)19)12-18(13)14-6-2-3-7-14;1-3-7-12(8-4-1)11-13-9-5-2-6-10-13;/h2-6,8-10H,7,11H2,1H3;1-10H;. The summed E-state index contributed by atoms with van der Waals surface area (Å²) in [7, 11) is 0. The molecule has 2 aliphatic rings. The molecule has 0 amide bonds. The number of aryl methyl sites for hydroxylation is 1. The van der Waals surface area contributed by atoms with E-state index < -0.39 is 22.8 Å². The first-order valence-electron chi connectivity index (χ1n) is 11.7. The fourth-order valence-electron chi connectivity index (χ4n) is 5.24. The van der Waals surface area contributed by atoms with Gasteiger partial charge in [-0.05, 0) is 0 Å². The second-order valence-electron chi connectivity index (χ2n) is 8.86. The maximum absolute atomic E-state index is 2.46. The summed E-state index contributed by atoms with van der Waals surface area (Å²) in [5, 5.41) is 0. The van der Waals surface area contributed by atoms with Crippen LogP contribution in [-0.2, 0) is 29.2 Å². The first-order chi connectivity index (χ1) is 16.3. The van der Waals surface area contributed by atoms with E-state index in [1.807, 2.05) is 0 Å². The zero-order chi connectivity index (χ0) is 22.2. The molecule has 33 heavy (non-hydrogen) atoms. The van der Waals surface area contributed by atoms with Gasteiger partial charge in [0.2, 0.25) is 0 Å². The third-order valence-electron chi connectivity index (χ3n) is 6.77. The summed E-state index contributed by atoms with van der Waals surface area (Å²) in [6.07, 6.45) is 8.97. The minimum atomic E-state index is -1.15. The maximum atomic E-state index is 2.46. The number of hydrogen-bond acceptors (Lipinski definition) is 0. The van der Waals surface area contributed by atoms with E-state index >= 15 is 0 Å². The van der Waals surface area contributed by atoms with Crippen LogP contribution in [0, 0.1) is 6.92 Å². The van der Waals surface area contributed by atoms with Crippen LogP contribution < -0.4 is 3.27 Å². The SMILES string of the molecule is Cc1cc2c([c]([Zr]=[C](c3ccccc3)c3ccccc3)c1C1=CC=CC1)Cc1ccccc1-2. The molecule has 1 heteroatoms. The molecule has 4 aromatic rings. The summed E-state index contributed by atoms with van der Waals surface area (Å²) < 4.78 is 3.24. The molecule has 0 fully saturated rings. The minimum absolute atomic E-state index is 1.05. The first-order valence-corrected chi connectivity index (χ1v) is 14.1. The summed E-state index contributed by atoms with van der Waals surface area (Å²) in [5.41, 5.74) is 13.2. The van der Waals surface area contributed by atoms with Gasteiger partial charge in [-0.3, -0.25) is 0 Å². The number of allylic oxidation sites excluding steroid dienone is 4. The van der Waals surface area contributed by atoms with Crippen molar-refractivity contribution in [3.05, 3.63) is 143 Å². The summed E-state index contributed by atoms with van der Waals surface area (Å²) in [4.78, 5) is 0. The van der Waals surface area contributed by atoms with Crippen LogP contribution >= 0.6 is 0 Å². The molecule has 0 heterocycles. The summed E-state index contributed by atoms with van der Waals surface area (Å²) in [5.74, 6) is 0. The van der Waals surface area contributed by atoms with Crippen molar-refractivity contribution in [3.63, 3.8) is 0 Å². The van der Waals surface area contributed by atoms with Crippen LogP contribution in [0.3, 0.4) is 0 Å². The molecule has 0 N–H and O–H groups in total. The molecule has 157 valence electrons. The Kier molecular flexibility index (Phi) is 5.52. The van der Waals surface area contributed by atoms with Crippen molar-refractivity contribution in [2.24, 2.45) is 0 Å². The van der Waals surface area contributed by atoms with Crippen LogP contribution in [0.15, 0.2) is 109 Å². The fourth-order valence-corrected chi connectivity index (χ4v) is 9.49. The third-order valence-corrected chi connectivity index (χ3v) is 10.8. The second-order valence-corrected chi connectivity index (χ2v) is 11.9. The Balaban J connectivity index is 1.65. The van der Waals surface area contributed by atoms with Crippen molar-refractivity contribution < 1.29 is 22.8 Å². The van der Waals surface area contributed by atoms with Gasteiger partial charge >= 0.3 is 208 Å². The Morgan fingerprint density at radius 2 is 1.42 bits per heavy atom. The van der Waals surface area contributed by atoms with Gasteiger partial charge in [-0.1, -0.05) is 0 Å². The number of hydrogen-bond donors (Lipinski definition) is 0. The average molecular weight is 501 g/mol. The Hall–Kier alpha value is -2.89. The molecule has 0 radical (unpaired) electrons. The van der Waals surface area contributed by atoms with E-state index in [1.165, 1.54) is 44.5 Å². The van der Waals surface area contributed by atoms with Gasteiger partial charge in [0.25, 0.3) is 0 Å². The van der Waals surface area contributed by atoms with Crippen molar-refractivity contribution in [1.29, 1.82) is 0 Å². The van der Waals surface area contributed by atoms with E-state index in [0.717, 1.165) is 12.8 Å². The summed E-state index contributed by atoms with van der Waals surface area (Å²) in [6.45, 7) is 2.32. The Labute approximate surface area is 207 Å². The molecular weight excluding hydrogens is 476 g/mol. The number of rotatable bonds is 4. The second kappa shape index (κ2) is 8.81. The van der Waals surface area contributed by atoms with Gasteiger partial charge < -0.3 is 0 Å². The first kappa shape index (κ1) is 20.7. The Morgan fingerprint density at radius 3 is 2.09 bits per heavy atom. The van der Waals surface area contributed by atoms with E-state index in [9.17, 15) is 0 Å². The van der Waals surface area contributed by atoms with Crippen LogP contribution in [0.1, 0.15) is 39.8 Å². The van der Waals surface area contributed by atoms with Crippen LogP contribution in [0.2, 0.25) is 0 Å². The molecule has 6 rings (SSSR count). The van der Waals surface area contributed by atoms with Gasteiger partial charge in [0.1, 0.15) is 0 Å². The Bertz CT molecular complexity index is 1400. The molecule has 0 aromatic heterocycles. The molecule has 0 atom stereocenters. The monoisotopic (exact) mass is 499 g/mol. The summed E-state index contributed by atoms with van der Waals surface area (Å²) >= 11 is -1.15. The number of fused-ring (bicyclic) bond motifs is 3. The fraction of sp³-hybridized carbons (Fsp3) is 0.0938. The predicted molar refractivity (Wildman–Crippen MR) is 137 cm³/mol. The van der Waals surface area contributed by atoms with E-state index in [0.29, 0.717) is 0 Å². The molecule has 4 aromatic carbocycles. The Morgan fingerprint density at radius 1 is 0.758 bits per heavy atom. The quantitative estimate of drug-likeness (QED) is 0.252.